The lowest BCUT2D eigenvalue weighted by molar-refractivity contribution is 0.446. The van der Waals surface area contributed by atoms with E-state index < -0.39 is 6.04 Å². The van der Waals surface area contributed by atoms with E-state index in [2.05, 4.69) is 134 Å². The first kappa shape index (κ1) is 33.7. The van der Waals surface area contributed by atoms with Crippen LogP contribution in [0, 0.1) is 6.92 Å². The molecule has 2 heterocycles. The van der Waals surface area contributed by atoms with Crippen molar-refractivity contribution in [2.24, 2.45) is 0 Å². The Morgan fingerprint density at radius 1 is 0.559 bits per heavy atom. The van der Waals surface area contributed by atoms with E-state index in [9.17, 15) is 5.11 Å². The Labute approximate surface area is 357 Å². The third-order valence-electron chi connectivity index (χ3n) is 11.1. The number of aryl methyl sites for hydroxylation is 1. The van der Waals surface area contributed by atoms with Crippen molar-refractivity contribution in [3.63, 3.8) is 0 Å². The van der Waals surface area contributed by atoms with Gasteiger partial charge < -0.3 is 5.11 Å². The van der Waals surface area contributed by atoms with Gasteiger partial charge in [0.05, 0.1) is 29.1 Å². The van der Waals surface area contributed by atoms with E-state index in [1.54, 1.807) is 12.1 Å². The minimum absolute atomic E-state index is 0.134. The number of benzene rings is 6. The van der Waals surface area contributed by atoms with Crippen molar-refractivity contribution in [3.05, 3.63) is 168 Å². The molecule has 0 fully saturated rings. The van der Waals surface area contributed by atoms with Gasteiger partial charge in [-0.25, -0.2) is 4.98 Å². The number of rotatable bonds is 6. The van der Waals surface area contributed by atoms with Gasteiger partial charge in [0.1, 0.15) is 11.6 Å². The Balaban J connectivity index is 1.40. The molecule has 0 bridgehead atoms. The molecule has 4 heteroatoms. The average Bonchev–Trinajstić information content (AvgIpc) is 3.64. The molecule has 6 aromatic carbocycles. The molecule has 0 amide bonds. The van der Waals surface area contributed by atoms with E-state index in [0.717, 1.165) is 66.9 Å². The second-order valence-electron chi connectivity index (χ2n) is 18.8. The maximum Gasteiger partial charge on any atom is 0.149 e. The SMILES string of the molecule is [2H]c1c([2H])c([2H])c(-c2ccc(-n3c(-c4cc(C(C)(C)C)cc(C(C)(C)C)c4O)nc4c(-c5cc(-c6cc(-c7cccc(C)c7)ccn6)cc(C(C)(C)C)c5)cccc43)cc2)c([2H])c1[2H]. The number of hydrogen-bond donors (Lipinski definition) is 1. The largest absolute Gasteiger partial charge is 0.507 e. The molecule has 8 rings (SSSR count). The number of para-hydroxylation sites is 1. The second kappa shape index (κ2) is 14.8. The molecular formula is C55H55N3O. The number of aromatic nitrogens is 3. The zero-order chi connectivity index (χ0) is 46.2. The molecule has 0 atom stereocenters. The number of aromatic hydroxyl groups is 1. The standard InChI is InChI=1S/C55H55N3O/c1-35-16-14-19-38(28-35)39-26-27-56-48(32-39)41-29-40(30-42(31-41)53(2,3)4)45-20-15-21-49-50(45)57-52(46-33-43(54(5,6)7)34-47(51(46)59)55(8,9)10)58(49)44-24-22-37(23-25-44)36-17-12-11-13-18-36/h11-34,59H,1-10H3/i11D,12D,13D,17D,18D. The van der Waals surface area contributed by atoms with E-state index in [0.29, 0.717) is 17.0 Å². The van der Waals surface area contributed by atoms with E-state index in [4.69, 9.17) is 16.8 Å². The van der Waals surface area contributed by atoms with Crippen LogP contribution in [-0.2, 0) is 16.2 Å². The smallest absolute Gasteiger partial charge is 0.149 e. The molecule has 59 heavy (non-hydrogen) atoms. The number of nitrogens with zero attached hydrogens (tertiary/aromatic N) is 3. The Hall–Kier alpha value is -6.26. The summed E-state index contributed by atoms with van der Waals surface area (Å²) in [7, 11) is 0. The zero-order valence-corrected chi connectivity index (χ0v) is 35.8. The Bertz CT molecular complexity index is 3100. The normalized spacial score (nSPS) is 13.5. The van der Waals surface area contributed by atoms with Crippen molar-refractivity contribution in [2.75, 3.05) is 0 Å². The van der Waals surface area contributed by atoms with Crippen molar-refractivity contribution in [1.82, 2.24) is 14.5 Å². The molecule has 2 aromatic heterocycles. The second-order valence-corrected chi connectivity index (χ2v) is 18.8. The maximum absolute atomic E-state index is 12.3. The van der Waals surface area contributed by atoms with Gasteiger partial charge in [-0.05, 0) is 111 Å². The molecule has 0 aliphatic carbocycles. The Morgan fingerprint density at radius 2 is 1.22 bits per heavy atom. The summed E-state index contributed by atoms with van der Waals surface area (Å²) in [4.78, 5) is 10.4. The van der Waals surface area contributed by atoms with Crippen LogP contribution >= 0.6 is 0 Å². The highest BCUT2D eigenvalue weighted by Gasteiger charge is 2.29. The number of imidazole rings is 1. The number of phenolic OH excluding ortho intramolecular Hbond substituents is 1. The molecule has 0 unspecified atom stereocenters. The van der Waals surface area contributed by atoms with Crippen molar-refractivity contribution in [3.8, 4) is 67.5 Å². The summed E-state index contributed by atoms with van der Waals surface area (Å²) < 4.78 is 44.1. The maximum atomic E-state index is 12.3. The summed E-state index contributed by atoms with van der Waals surface area (Å²) in [5, 5.41) is 12.3. The lowest BCUT2D eigenvalue weighted by atomic mass is 9.79. The van der Waals surface area contributed by atoms with Crippen molar-refractivity contribution in [1.29, 1.82) is 0 Å². The summed E-state index contributed by atoms with van der Waals surface area (Å²) in [6.07, 6.45) is 1.87. The van der Waals surface area contributed by atoms with E-state index in [1.165, 1.54) is 5.56 Å². The third kappa shape index (κ3) is 7.84. The van der Waals surface area contributed by atoms with Gasteiger partial charge in [0.25, 0.3) is 0 Å². The molecule has 0 aliphatic rings. The van der Waals surface area contributed by atoms with E-state index >= 15 is 0 Å². The topological polar surface area (TPSA) is 50.9 Å². The summed E-state index contributed by atoms with van der Waals surface area (Å²) in [6, 6.07) is 35.3. The Morgan fingerprint density at radius 3 is 1.90 bits per heavy atom. The molecule has 0 spiro atoms. The monoisotopic (exact) mass is 778 g/mol. The van der Waals surface area contributed by atoms with Crippen LogP contribution in [-0.4, -0.2) is 19.6 Å². The van der Waals surface area contributed by atoms with Crippen LogP contribution < -0.4 is 0 Å². The van der Waals surface area contributed by atoms with Crippen LogP contribution in [0.1, 0.15) is 91.4 Å². The van der Waals surface area contributed by atoms with Crippen LogP contribution in [0.25, 0.3) is 72.7 Å². The van der Waals surface area contributed by atoms with E-state index in [-0.39, 0.29) is 51.7 Å². The van der Waals surface area contributed by atoms with Crippen LogP contribution in [0.15, 0.2) is 146 Å². The number of hydrogen-bond acceptors (Lipinski definition) is 3. The highest BCUT2D eigenvalue weighted by atomic mass is 16.3. The molecule has 4 nitrogen and oxygen atoms in total. The molecule has 8 aromatic rings. The van der Waals surface area contributed by atoms with Gasteiger partial charge in [-0.15, -0.1) is 0 Å². The quantitative estimate of drug-likeness (QED) is 0.183. The lowest BCUT2D eigenvalue weighted by Gasteiger charge is -2.27. The predicted octanol–water partition coefficient (Wildman–Crippen LogP) is 14.7. The summed E-state index contributed by atoms with van der Waals surface area (Å²) in [5.74, 6) is 0.706. The number of phenols is 1. The first-order valence-electron chi connectivity index (χ1n) is 22.8. The van der Waals surface area contributed by atoms with E-state index in [1.807, 2.05) is 42.6 Å². The van der Waals surface area contributed by atoms with Gasteiger partial charge in [-0.2, -0.15) is 0 Å². The van der Waals surface area contributed by atoms with Crippen LogP contribution in [0.3, 0.4) is 0 Å². The molecule has 0 radical (unpaired) electrons. The molecule has 296 valence electrons. The Kier molecular flexibility index (Phi) is 8.47. The van der Waals surface area contributed by atoms with Crippen molar-refractivity contribution in [2.45, 2.75) is 85.5 Å². The predicted molar refractivity (Wildman–Crippen MR) is 249 cm³/mol. The number of fused-ring (bicyclic) bond motifs is 1. The summed E-state index contributed by atoms with van der Waals surface area (Å²) in [6.45, 7) is 21.5. The minimum Gasteiger partial charge on any atom is -0.507 e. The third-order valence-corrected chi connectivity index (χ3v) is 11.1. The van der Waals surface area contributed by atoms with Gasteiger partial charge in [0.2, 0.25) is 0 Å². The molecule has 0 saturated heterocycles. The summed E-state index contributed by atoms with van der Waals surface area (Å²) in [5.41, 5.74) is 12.8. The van der Waals surface area contributed by atoms with Gasteiger partial charge in [0, 0.05) is 28.6 Å². The van der Waals surface area contributed by atoms with Crippen LogP contribution in [0.2, 0.25) is 0 Å². The minimum atomic E-state index is -0.431. The zero-order valence-electron chi connectivity index (χ0n) is 40.8. The van der Waals surface area contributed by atoms with Gasteiger partial charge in [-0.3, -0.25) is 9.55 Å². The fraction of sp³-hybridized carbons (Fsp3) is 0.236. The van der Waals surface area contributed by atoms with Gasteiger partial charge in [-0.1, -0.05) is 159 Å². The summed E-state index contributed by atoms with van der Waals surface area (Å²) >= 11 is 0. The van der Waals surface area contributed by atoms with Gasteiger partial charge in [0.15, 0.2) is 0 Å². The lowest BCUT2D eigenvalue weighted by Crippen LogP contribution is -2.17. The van der Waals surface area contributed by atoms with Gasteiger partial charge >= 0.3 is 0 Å². The highest BCUT2D eigenvalue weighted by molar-refractivity contribution is 5.97. The van der Waals surface area contributed by atoms with Crippen LogP contribution in [0.4, 0.5) is 0 Å². The van der Waals surface area contributed by atoms with Crippen molar-refractivity contribution >= 4 is 11.0 Å². The first-order valence-corrected chi connectivity index (χ1v) is 20.3. The number of pyridine rings is 1. The average molecular weight is 779 g/mol. The fourth-order valence-corrected chi connectivity index (χ4v) is 7.71. The van der Waals surface area contributed by atoms with Crippen LogP contribution in [0.5, 0.6) is 5.75 Å². The highest BCUT2D eigenvalue weighted by Crippen LogP contribution is 2.45. The van der Waals surface area contributed by atoms with Crippen molar-refractivity contribution < 1.29 is 12.0 Å². The molecule has 0 aliphatic heterocycles. The first-order chi connectivity index (χ1) is 30.0. The molecular weight excluding hydrogens is 719 g/mol. The molecule has 0 saturated carbocycles. The molecule has 1 N–H and O–H groups in total. The fourth-order valence-electron chi connectivity index (χ4n) is 7.71.